The van der Waals surface area contributed by atoms with Gasteiger partial charge >= 0.3 is 0 Å². The number of nitrogens with zero attached hydrogens (tertiary/aromatic N) is 3. The van der Waals surface area contributed by atoms with Crippen LogP contribution in [0.4, 0.5) is 0 Å². The summed E-state index contributed by atoms with van der Waals surface area (Å²) < 4.78 is 0. The van der Waals surface area contributed by atoms with Crippen molar-refractivity contribution in [1.29, 1.82) is 5.26 Å². The summed E-state index contributed by atoms with van der Waals surface area (Å²) in [5.41, 5.74) is -0.0614. The highest BCUT2D eigenvalue weighted by Gasteiger charge is 2.07. The van der Waals surface area contributed by atoms with Crippen molar-refractivity contribution in [2.75, 3.05) is 20.8 Å². The van der Waals surface area contributed by atoms with Crippen molar-refractivity contribution < 1.29 is 4.79 Å². The molecule has 0 atom stereocenters. The number of carbonyl (C=O) groups excluding carboxylic acids is 1. The smallest absolute Gasteiger partial charge is 0.264 e. The molecule has 13 heavy (non-hydrogen) atoms. The normalized spacial score (nSPS) is 10.1. The van der Waals surface area contributed by atoms with Gasteiger partial charge in [-0.2, -0.15) is 5.26 Å². The first-order valence-electron chi connectivity index (χ1n) is 3.47. The van der Waals surface area contributed by atoms with Crippen LogP contribution in [-0.4, -0.2) is 31.6 Å². The third-order valence-electron chi connectivity index (χ3n) is 1.06. The number of nitrogens with one attached hydrogen (secondary N) is 1. The Balaban J connectivity index is 4.34. The van der Waals surface area contributed by atoms with Gasteiger partial charge in [-0.25, -0.2) is 0 Å². The van der Waals surface area contributed by atoms with E-state index in [1.807, 2.05) is 0 Å². The van der Waals surface area contributed by atoms with Crippen LogP contribution >= 0.6 is 0 Å². The molecule has 0 aliphatic carbocycles. The van der Waals surface area contributed by atoms with E-state index < -0.39 is 5.91 Å². The summed E-state index contributed by atoms with van der Waals surface area (Å²) in [5.74, 6) is -0.601. The molecule has 0 aliphatic rings. The molecular weight excluding hydrogens is 172 g/mol. The first kappa shape index (κ1) is 11.1. The first-order valence-corrected chi connectivity index (χ1v) is 3.47. The lowest BCUT2D eigenvalue weighted by molar-refractivity contribution is -0.117. The van der Waals surface area contributed by atoms with Crippen LogP contribution < -0.4 is 5.32 Å². The van der Waals surface area contributed by atoms with Crippen molar-refractivity contribution in [3.05, 3.63) is 16.7 Å². The predicted octanol–water partition coefficient (Wildman–Crippen LogP) is -0.204. The van der Waals surface area contributed by atoms with Gasteiger partial charge in [-0.3, -0.25) is 4.79 Å². The van der Waals surface area contributed by atoms with Gasteiger partial charge in [-0.05, 0) is 5.18 Å². The summed E-state index contributed by atoms with van der Waals surface area (Å²) in [5, 5.41) is 13.1. The summed E-state index contributed by atoms with van der Waals surface area (Å²) in [6, 6.07) is 1.71. The molecule has 0 saturated carbocycles. The van der Waals surface area contributed by atoms with Crippen LogP contribution in [0.5, 0.6) is 0 Å². The maximum atomic E-state index is 11.0. The zero-order chi connectivity index (χ0) is 10.3. The van der Waals surface area contributed by atoms with E-state index in [1.54, 1.807) is 25.1 Å². The number of rotatable bonds is 4. The van der Waals surface area contributed by atoms with E-state index in [4.69, 9.17) is 5.26 Å². The number of nitriles is 1. The summed E-state index contributed by atoms with van der Waals surface area (Å²) in [6.45, 7) is -0.328. The van der Waals surface area contributed by atoms with Gasteiger partial charge in [-0.15, -0.1) is 4.91 Å². The lowest BCUT2D eigenvalue weighted by Gasteiger charge is -2.05. The average molecular weight is 182 g/mol. The van der Waals surface area contributed by atoms with Crippen molar-refractivity contribution in [1.82, 2.24) is 10.2 Å². The van der Waals surface area contributed by atoms with Gasteiger partial charge in [0.05, 0.1) is 0 Å². The van der Waals surface area contributed by atoms with E-state index in [9.17, 15) is 9.70 Å². The second kappa shape index (κ2) is 5.71. The van der Waals surface area contributed by atoms with Gasteiger partial charge in [0.2, 0.25) is 0 Å². The molecule has 0 rings (SSSR count). The molecule has 0 radical (unpaired) electrons. The quantitative estimate of drug-likeness (QED) is 0.370. The van der Waals surface area contributed by atoms with Crippen molar-refractivity contribution >= 4 is 5.91 Å². The van der Waals surface area contributed by atoms with Crippen LogP contribution in [0.15, 0.2) is 16.9 Å². The molecule has 0 fully saturated rings. The van der Waals surface area contributed by atoms with Crippen molar-refractivity contribution in [2.45, 2.75) is 0 Å². The topological polar surface area (TPSA) is 85.6 Å². The number of carbonyl (C=O) groups is 1. The maximum absolute atomic E-state index is 11.0. The van der Waals surface area contributed by atoms with Gasteiger partial charge in [0.25, 0.3) is 5.91 Å². The van der Waals surface area contributed by atoms with Crippen molar-refractivity contribution in [3.8, 4) is 6.07 Å². The minimum atomic E-state index is -0.601. The Morgan fingerprint density at radius 2 is 2.31 bits per heavy atom. The highest BCUT2D eigenvalue weighted by atomic mass is 16.3. The van der Waals surface area contributed by atoms with Gasteiger partial charge in [-0.1, -0.05) is 0 Å². The molecule has 0 saturated heterocycles. The van der Waals surface area contributed by atoms with E-state index in [2.05, 4.69) is 10.5 Å². The minimum Gasteiger partial charge on any atom is -0.382 e. The Bertz CT molecular complexity index is 264. The lowest BCUT2D eigenvalue weighted by atomic mass is 10.3. The highest BCUT2D eigenvalue weighted by molar-refractivity contribution is 5.97. The second-order valence-corrected chi connectivity index (χ2v) is 2.41. The molecule has 0 aromatic heterocycles. The van der Waals surface area contributed by atoms with Crippen molar-refractivity contribution in [2.24, 2.45) is 5.18 Å². The largest absolute Gasteiger partial charge is 0.382 e. The molecule has 0 spiro atoms. The molecule has 1 N–H and O–H groups in total. The van der Waals surface area contributed by atoms with E-state index in [0.717, 1.165) is 0 Å². The zero-order valence-corrected chi connectivity index (χ0v) is 7.44. The van der Waals surface area contributed by atoms with Crippen molar-refractivity contribution in [3.63, 3.8) is 0 Å². The van der Waals surface area contributed by atoms with Crippen LogP contribution in [0, 0.1) is 16.2 Å². The fourth-order valence-corrected chi connectivity index (χ4v) is 0.596. The van der Waals surface area contributed by atoms with E-state index in [0.29, 0.717) is 0 Å². The van der Waals surface area contributed by atoms with Gasteiger partial charge in [0.1, 0.15) is 11.6 Å². The molecule has 6 nitrogen and oxygen atoms in total. The monoisotopic (exact) mass is 182 g/mol. The molecule has 0 bridgehead atoms. The third-order valence-corrected chi connectivity index (χ3v) is 1.06. The Kier molecular flexibility index (Phi) is 4.88. The molecule has 0 heterocycles. The SMILES string of the molecule is CN(C)/C=C(\C#N)C(=O)NCN=O. The first-order chi connectivity index (χ1) is 6.11. The summed E-state index contributed by atoms with van der Waals surface area (Å²) in [4.78, 5) is 22.3. The fourth-order valence-electron chi connectivity index (χ4n) is 0.596. The Morgan fingerprint density at radius 1 is 1.69 bits per heavy atom. The molecule has 70 valence electrons. The van der Waals surface area contributed by atoms with Crippen LogP contribution in [0.3, 0.4) is 0 Å². The standard InChI is InChI=1S/C7H10N4O2/c1-11(2)4-6(3-8)7(12)9-5-10-13/h4H,5H2,1-2H3,(H,9,12)/b6-4+. The predicted molar refractivity (Wildman–Crippen MR) is 46.2 cm³/mol. The van der Waals surface area contributed by atoms with Crippen LogP contribution in [0.2, 0.25) is 0 Å². The molecule has 1 amide bonds. The second-order valence-electron chi connectivity index (χ2n) is 2.41. The molecular formula is C7H10N4O2. The number of amides is 1. The Morgan fingerprint density at radius 3 is 2.69 bits per heavy atom. The fraction of sp³-hybridized carbons (Fsp3) is 0.429. The number of nitroso groups, excluding NO2 is 1. The number of hydrogen-bond donors (Lipinski definition) is 1. The van der Waals surface area contributed by atoms with E-state index >= 15 is 0 Å². The van der Waals surface area contributed by atoms with E-state index in [-0.39, 0.29) is 12.2 Å². The summed E-state index contributed by atoms with van der Waals surface area (Å²) in [6.07, 6.45) is 1.36. The van der Waals surface area contributed by atoms with Gasteiger partial charge in [0, 0.05) is 20.3 Å². The van der Waals surface area contributed by atoms with Crippen LogP contribution in [0.1, 0.15) is 0 Å². The third kappa shape index (κ3) is 4.53. The van der Waals surface area contributed by atoms with Gasteiger partial charge in [0.15, 0.2) is 6.67 Å². The highest BCUT2D eigenvalue weighted by Crippen LogP contribution is 1.93. The molecule has 0 unspecified atom stereocenters. The lowest BCUT2D eigenvalue weighted by Crippen LogP contribution is -2.25. The number of hydrogen-bond acceptors (Lipinski definition) is 5. The van der Waals surface area contributed by atoms with E-state index in [1.165, 1.54) is 6.20 Å². The molecule has 6 heteroatoms. The maximum Gasteiger partial charge on any atom is 0.264 e. The molecule has 0 aliphatic heterocycles. The molecule has 0 aromatic carbocycles. The molecule has 0 aromatic rings. The van der Waals surface area contributed by atoms with Crippen LogP contribution in [-0.2, 0) is 4.79 Å². The summed E-state index contributed by atoms with van der Waals surface area (Å²) in [7, 11) is 3.37. The Hall–Kier alpha value is -1.90. The zero-order valence-electron chi connectivity index (χ0n) is 7.44. The minimum absolute atomic E-state index is 0.0614. The average Bonchev–Trinajstić information content (AvgIpc) is 2.09. The Labute approximate surface area is 75.8 Å². The summed E-state index contributed by atoms with van der Waals surface area (Å²) >= 11 is 0. The van der Waals surface area contributed by atoms with Crippen LogP contribution in [0.25, 0.3) is 0 Å². The van der Waals surface area contributed by atoms with Gasteiger partial charge < -0.3 is 10.2 Å².